The molecule has 21 heavy (non-hydrogen) atoms. The number of ether oxygens (including phenoxy) is 1. The molecule has 1 N–H and O–H groups in total. The number of aliphatic imine (C=N–C) groups is 2. The molecule has 0 aromatic heterocycles. The zero-order valence-electron chi connectivity index (χ0n) is 13.1. The predicted octanol–water partition coefficient (Wildman–Crippen LogP) is 2.87. The Hall–Kier alpha value is -2.17. The van der Waals surface area contributed by atoms with Gasteiger partial charge in [0.2, 0.25) is 0 Å². The minimum Gasteiger partial charge on any atom is -0.465 e. The first-order valence-electron chi connectivity index (χ1n) is 7.02. The lowest BCUT2D eigenvalue weighted by Crippen LogP contribution is -2.28. The van der Waals surface area contributed by atoms with Gasteiger partial charge in [0.15, 0.2) is 0 Å². The van der Waals surface area contributed by atoms with E-state index in [1.165, 1.54) is 0 Å². The first-order valence-corrected chi connectivity index (χ1v) is 7.02. The number of amidine groups is 1. The zero-order valence-corrected chi connectivity index (χ0v) is 13.1. The van der Waals surface area contributed by atoms with Crippen molar-refractivity contribution in [2.75, 3.05) is 13.2 Å². The molecule has 1 aromatic carbocycles. The van der Waals surface area contributed by atoms with Crippen LogP contribution in [0.3, 0.4) is 0 Å². The smallest absolute Gasteiger partial charge is 0.325 e. The van der Waals surface area contributed by atoms with Gasteiger partial charge in [0.05, 0.1) is 24.7 Å². The van der Waals surface area contributed by atoms with Crippen molar-refractivity contribution >= 4 is 23.2 Å². The molecule has 0 saturated carbocycles. The Kier molecular flexibility index (Phi) is 7.15. The standard InChI is InChI=1S/C16H23N3O2/c1-5-21-16(20)11-18-13(4)17-10-14-7-6-8-15(9-14)19-12(2)3/h6-9H,5,10-11H2,1-4H3,(H,17,18). The fraction of sp³-hybridized carbons (Fsp3) is 0.438. The number of benzene rings is 1. The van der Waals surface area contributed by atoms with Crippen molar-refractivity contribution in [1.82, 2.24) is 5.32 Å². The van der Waals surface area contributed by atoms with Crippen molar-refractivity contribution < 1.29 is 9.53 Å². The van der Waals surface area contributed by atoms with Crippen LogP contribution in [-0.4, -0.2) is 30.7 Å². The Morgan fingerprint density at radius 1 is 1.29 bits per heavy atom. The number of carbonyl (C=O) groups excluding carboxylic acids is 1. The third-order valence-electron chi connectivity index (χ3n) is 2.56. The summed E-state index contributed by atoms with van der Waals surface area (Å²) < 4.78 is 4.84. The average Bonchev–Trinajstić information content (AvgIpc) is 2.43. The molecular formula is C16H23N3O2. The highest BCUT2D eigenvalue weighted by atomic mass is 16.5. The summed E-state index contributed by atoms with van der Waals surface area (Å²) in [6.45, 7) is 8.63. The lowest BCUT2D eigenvalue weighted by atomic mass is 10.2. The molecule has 0 aliphatic carbocycles. The molecule has 0 aliphatic rings. The second kappa shape index (κ2) is 8.89. The maximum Gasteiger partial charge on any atom is 0.325 e. The van der Waals surface area contributed by atoms with E-state index in [1.807, 2.05) is 45.0 Å². The third kappa shape index (κ3) is 7.25. The minimum atomic E-state index is -0.276. The van der Waals surface area contributed by atoms with Gasteiger partial charge < -0.3 is 10.1 Å². The molecule has 0 spiro atoms. The number of nitrogens with one attached hydrogen (secondary N) is 1. The van der Waals surface area contributed by atoms with Crippen LogP contribution in [0.25, 0.3) is 0 Å². The summed E-state index contributed by atoms with van der Waals surface area (Å²) in [5.74, 6) is 0.436. The average molecular weight is 289 g/mol. The van der Waals surface area contributed by atoms with E-state index in [-0.39, 0.29) is 12.5 Å². The first-order chi connectivity index (χ1) is 10.0. The fourth-order valence-corrected chi connectivity index (χ4v) is 1.66. The van der Waals surface area contributed by atoms with Gasteiger partial charge in [0.1, 0.15) is 6.54 Å². The van der Waals surface area contributed by atoms with Gasteiger partial charge in [0.25, 0.3) is 0 Å². The maximum absolute atomic E-state index is 11.2. The summed E-state index contributed by atoms with van der Waals surface area (Å²) in [6, 6.07) is 7.95. The first kappa shape index (κ1) is 16.9. The third-order valence-corrected chi connectivity index (χ3v) is 2.56. The van der Waals surface area contributed by atoms with E-state index < -0.39 is 0 Å². The summed E-state index contributed by atoms with van der Waals surface area (Å²) in [6.07, 6.45) is 0. The van der Waals surface area contributed by atoms with E-state index in [4.69, 9.17) is 4.74 Å². The Balaban J connectivity index is 2.55. The molecule has 0 amide bonds. The number of carbonyl (C=O) groups is 1. The highest BCUT2D eigenvalue weighted by molar-refractivity contribution is 5.84. The van der Waals surface area contributed by atoms with Gasteiger partial charge >= 0.3 is 5.97 Å². The Morgan fingerprint density at radius 2 is 2.05 bits per heavy atom. The molecule has 0 fully saturated rings. The van der Waals surface area contributed by atoms with Crippen molar-refractivity contribution in [2.45, 2.75) is 34.2 Å². The van der Waals surface area contributed by atoms with Crippen molar-refractivity contribution in [3.05, 3.63) is 29.8 Å². The van der Waals surface area contributed by atoms with Crippen LogP contribution in [0, 0.1) is 0 Å². The van der Waals surface area contributed by atoms with Crippen molar-refractivity contribution in [3.63, 3.8) is 0 Å². The van der Waals surface area contributed by atoms with E-state index in [9.17, 15) is 4.79 Å². The quantitative estimate of drug-likeness (QED) is 0.497. The Bertz CT molecular complexity index is 532. The number of rotatable bonds is 6. The lowest BCUT2D eigenvalue weighted by Gasteiger charge is -2.06. The summed E-state index contributed by atoms with van der Waals surface area (Å²) in [5, 5.41) is 2.93. The summed E-state index contributed by atoms with van der Waals surface area (Å²) >= 11 is 0. The van der Waals surface area contributed by atoms with Crippen LogP contribution < -0.4 is 5.32 Å². The Morgan fingerprint density at radius 3 is 2.71 bits per heavy atom. The maximum atomic E-state index is 11.2. The topological polar surface area (TPSA) is 63.0 Å². The van der Waals surface area contributed by atoms with Crippen LogP contribution >= 0.6 is 0 Å². The highest BCUT2D eigenvalue weighted by Gasteiger charge is 2.01. The second-order valence-corrected chi connectivity index (χ2v) is 4.79. The van der Waals surface area contributed by atoms with Crippen molar-refractivity contribution in [3.8, 4) is 0 Å². The number of hydrogen-bond donors (Lipinski definition) is 1. The number of hydrogen-bond acceptors (Lipinski definition) is 4. The summed E-state index contributed by atoms with van der Waals surface area (Å²) in [4.78, 5) is 20.0. The van der Waals surface area contributed by atoms with Gasteiger partial charge in [0, 0.05) is 5.71 Å². The van der Waals surface area contributed by atoms with Gasteiger partial charge in [-0.1, -0.05) is 12.1 Å². The van der Waals surface area contributed by atoms with E-state index in [1.54, 1.807) is 6.92 Å². The normalized spacial score (nSPS) is 11.0. The van der Waals surface area contributed by atoms with Crippen molar-refractivity contribution in [1.29, 1.82) is 0 Å². The van der Waals surface area contributed by atoms with E-state index >= 15 is 0 Å². The van der Waals surface area contributed by atoms with Gasteiger partial charge in [-0.3, -0.25) is 14.8 Å². The van der Waals surface area contributed by atoms with Crippen LogP contribution in [0.1, 0.15) is 33.3 Å². The van der Waals surface area contributed by atoms with E-state index in [0.29, 0.717) is 19.0 Å². The zero-order chi connectivity index (χ0) is 15.7. The van der Waals surface area contributed by atoms with E-state index in [2.05, 4.69) is 15.3 Å². The molecule has 0 bridgehead atoms. The molecule has 1 rings (SSSR count). The molecule has 5 heteroatoms. The Labute approximate surface area is 126 Å². The summed E-state index contributed by atoms with van der Waals surface area (Å²) in [7, 11) is 0. The van der Waals surface area contributed by atoms with Gasteiger partial charge in [-0.2, -0.15) is 0 Å². The number of esters is 1. The second-order valence-electron chi connectivity index (χ2n) is 4.79. The fourth-order valence-electron chi connectivity index (χ4n) is 1.66. The molecule has 0 unspecified atom stereocenters. The largest absolute Gasteiger partial charge is 0.465 e. The molecule has 0 saturated heterocycles. The van der Waals surface area contributed by atoms with Gasteiger partial charge in [-0.15, -0.1) is 0 Å². The van der Waals surface area contributed by atoms with Crippen LogP contribution in [-0.2, 0) is 16.1 Å². The van der Waals surface area contributed by atoms with Gasteiger partial charge in [-0.25, -0.2) is 0 Å². The van der Waals surface area contributed by atoms with Crippen LogP contribution in [0.5, 0.6) is 0 Å². The number of nitrogens with zero attached hydrogens (tertiary/aromatic N) is 2. The van der Waals surface area contributed by atoms with Gasteiger partial charge in [-0.05, 0) is 45.4 Å². The molecule has 0 atom stereocenters. The van der Waals surface area contributed by atoms with Crippen LogP contribution in [0.2, 0.25) is 0 Å². The molecule has 114 valence electrons. The predicted molar refractivity (Wildman–Crippen MR) is 86.3 cm³/mol. The van der Waals surface area contributed by atoms with Crippen LogP contribution in [0.4, 0.5) is 5.69 Å². The molecule has 0 radical (unpaired) electrons. The van der Waals surface area contributed by atoms with E-state index in [0.717, 1.165) is 17.0 Å². The molecule has 0 heterocycles. The molecule has 0 aliphatic heterocycles. The monoisotopic (exact) mass is 289 g/mol. The SMILES string of the molecule is CCOC(=O)CNC(C)=NCc1cccc(N=C(C)C)c1. The molecule has 1 aromatic rings. The van der Waals surface area contributed by atoms with Crippen LogP contribution in [0.15, 0.2) is 34.3 Å². The lowest BCUT2D eigenvalue weighted by molar-refractivity contribution is -0.141. The molecular weight excluding hydrogens is 266 g/mol. The summed E-state index contributed by atoms with van der Waals surface area (Å²) in [5.41, 5.74) is 3.03. The minimum absolute atomic E-state index is 0.141. The van der Waals surface area contributed by atoms with Crippen molar-refractivity contribution in [2.24, 2.45) is 9.98 Å². The highest BCUT2D eigenvalue weighted by Crippen LogP contribution is 2.15. The molecule has 5 nitrogen and oxygen atoms in total.